The Morgan fingerprint density at radius 3 is 2.68 bits per heavy atom. The zero-order valence-corrected chi connectivity index (χ0v) is 16.1. The third-order valence-corrected chi connectivity index (χ3v) is 5.23. The fourth-order valence-corrected chi connectivity index (χ4v) is 3.60. The molecule has 1 aromatic heterocycles. The zero-order valence-electron chi connectivity index (χ0n) is 16.1. The first-order valence-electron chi connectivity index (χ1n) is 9.56. The van der Waals surface area contributed by atoms with Gasteiger partial charge in [-0.05, 0) is 62.6 Å². The maximum atomic E-state index is 13.2. The fraction of sp³-hybridized carbons (Fsp3) is 0.318. The molecule has 6 nitrogen and oxygen atoms in total. The molecule has 6 heteroatoms. The molecule has 0 N–H and O–H groups in total. The van der Waals surface area contributed by atoms with Crippen molar-refractivity contribution in [2.45, 2.75) is 32.2 Å². The van der Waals surface area contributed by atoms with Crippen LogP contribution in [0, 0.1) is 0 Å². The Bertz CT molecular complexity index is 965. The Balaban J connectivity index is 1.65. The van der Waals surface area contributed by atoms with Gasteiger partial charge in [0, 0.05) is 18.2 Å². The number of piperidine rings is 1. The van der Waals surface area contributed by atoms with Crippen molar-refractivity contribution in [1.29, 1.82) is 0 Å². The van der Waals surface area contributed by atoms with Gasteiger partial charge in [0.25, 0.3) is 11.8 Å². The van der Waals surface area contributed by atoms with E-state index in [2.05, 4.69) is 17.1 Å². The molecule has 1 aliphatic rings. The lowest BCUT2D eigenvalue weighted by molar-refractivity contribution is 0.0636. The Morgan fingerprint density at radius 2 is 1.93 bits per heavy atom. The number of benzene rings is 2. The molecule has 2 heterocycles. The summed E-state index contributed by atoms with van der Waals surface area (Å²) in [5, 5.41) is 4.09. The largest absolute Gasteiger partial charge is 0.497 e. The fourth-order valence-electron chi connectivity index (χ4n) is 3.60. The minimum absolute atomic E-state index is 0.0204. The van der Waals surface area contributed by atoms with Gasteiger partial charge in [-0.15, -0.1) is 0 Å². The van der Waals surface area contributed by atoms with Crippen LogP contribution in [0.2, 0.25) is 0 Å². The van der Waals surface area contributed by atoms with E-state index < -0.39 is 0 Å². The summed E-state index contributed by atoms with van der Waals surface area (Å²) in [6.07, 6.45) is 3.25. The normalized spacial score (nSPS) is 16.8. The molecular formula is C22H23N3O3. The first kappa shape index (κ1) is 18.2. The number of hydrogen-bond acceptors (Lipinski definition) is 5. The third kappa shape index (κ3) is 3.50. The molecule has 1 unspecified atom stereocenters. The number of methoxy groups -OCH3 is 1. The predicted molar refractivity (Wildman–Crippen MR) is 106 cm³/mol. The van der Waals surface area contributed by atoms with Crippen LogP contribution in [-0.4, -0.2) is 40.6 Å². The molecule has 28 heavy (non-hydrogen) atoms. The van der Waals surface area contributed by atoms with E-state index in [1.165, 1.54) is 6.42 Å². The molecular weight excluding hydrogens is 354 g/mol. The molecule has 4 rings (SSSR count). The topological polar surface area (TPSA) is 68.5 Å². The highest BCUT2D eigenvalue weighted by molar-refractivity contribution is 6.00. The third-order valence-electron chi connectivity index (χ3n) is 5.23. The average Bonchev–Trinajstić information content (AvgIpc) is 3.24. The van der Waals surface area contributed by atoms with Crippen LogP contribution < -0.4 is 4.74 Å². The number of nitrogens with zero attached hydrogens (tertiary/aromatic N) is 3. The molecule has 1 aliphatic heterocycles. The quantitative estimate of drug-likeness (QED) is 0.673. The molecule has 0 saturated carbocycles. The Hall–Kier alpha value is -3.15. The van der Waals surface area contributed by atoms with Crippen molar-refractivity contribution in [3.05, 3.63) is 54.1 Å². The number of carbonyl (C=O) groups excluding carboxylic acids is 1. The Labute approximate surface area is 164 Å². The van der Waals surface area contributed by atoms with E-state index >= 15 is 0 Å². The van der Waals surface area contributed by atoms with E-state index in [-0.39, 0.29) is 11.9 Å². The second-order valence-corrected chi connectivity index (χ2v) is 7.04. The number of amides is 1. The van der Waals surface area contributed by atoms with Crippen molar-refractivity contribution >= 4 is 5.91 Å². The second kappa shape index (κ2) is 7.84. The highest BCUT2D eigenvalue weighted by Crippen LogP contribution is 2.28. The van der Waals surface area contributed by atoms with Gasteiger partial charge in [-0.25, -0.2) is 0 Å². The summed E-state index contributed by atoms with van der Waals surface area (Å²) in [5.41, 5.74) is 2.09. The highest BCUT2D eigenvalue weighted by Gasteiger charge is 2.27. The number of ether oxygens (including phenoxy) is 1. The number of aromatic nitrogens is 2. The van der Waals surface area contributed by atoms with Crippen LogP contribution in [0.25, 0.3) is 22.8 Å². The zero-order chi connectivity index (χ0) is 19.5. The summed E-state index contributed by atoms with van der Waals surface area (Å²) in [5.74, 6) is 1.61. The van der Waals surface area contributed by atoms with Gasteiger partial charge in [0.2, 0.25) is 5.82 Å². The van der Waals surface area contributed by atoms with E-state index in [9.17, 15) is 4.79 Å². The van der Waals surface area contributed by atoms with Gasteiger partial charge in [-0.1, -0.05) is 17.3 Å². The number of carbonyl (C=O) groups is 1. The van der Waals surface area contributed by atoms with E-state index in [0.29, 0.717) is 22.8 Å². The first-order valence-corrected chi connectivity index (χ1v) is 9.56. The molecule has 3 aromatic rings. The maximum Gasteiger partial charge on any atom is 0.259 e. The summed E-state index contributed by atoms with van der Waals surface area (Å²) in [4.78, 5) is 19.6. The van der Waals surface area contributed by atoms with Crippen LogP contribution in [0.15, 0.2) is 53.1 Å². The Kier molecular flexibility index (Phi) is 5.10. The van der Waals surface area contributed by atoms with Crippen LogP contribution in [-0.2, 0) is 0 Å². The van der Waals surface area contributed by atoms with Crippen molar-refractivity contribution in [2.24, 2.45) is 0 Å². The molecule has 0 bridgehead atoms. The molecule has 1 saturated heterocycles. The number of hydrogen-bond donors (Lipinski definition) is 0. The maximum absolute atomic E-state index is 13.2. The van der Waals surface area contributed by atoms with E-state index in [1.54, 1.807) is 7.11 Å². The molecule has 0 aliphatic carbocycles. The summed E-state index contributed by atoms with van der Waals surface area (Å²) >= 11 is 0. The van der Waals surface area contributed by atoms with Crippen LogP contribution in [0.5, 0.6) is 5.75 Å². The molecule has 144 valence electrons. The van der Waals surface area contributed by atoms with Crippen LogP contribution in [0.4, 0.5) is 0 Å². The second-order valence-electron chi connectivity index (χ2n) is 7.04. The van der Waals surface area contributed by atoms with Crippen molar-refractivity contribution in [3.63, 3.8) is 0 Å². The molecule has 1 fully saturated rings. The molecule has 2 aromatic carbocycles. The van der Waals surface area contributed by atoms with Gasteiger partial charge < -0.3 is 14.2 Å². The first-order chi connectivity index (χ1) is 13.7. The Morgan fingerprint density at radius 1 is 1.14 bits per heavy atom. The molecule has 1 amide bonds. The summed E-state index contributed by atoms with van der Waals surface area (Å²) in [7, 11) is 1.62. The number of rotatable bonds is 4. The van der Waals surface area contributed by atoms with Gasteiger partial charge in [0.15, 0.2) is 0 Å². The van der Waals surface area contributed by atoms with Crippen LogP contribution in [0.3, 0.4) is 0 Å². The lowest BCUT2D eigenvalue weighted by Crippen LogP contribution is -2.42. The summed E-state index contributed by atoms with van der Waals surface area (Å²) in [6.45, 7) is 2.89. The van der Waals surface area contributed by atoms with Crippen molar-refractivity contribution in [1.82, 2.24) is 15.0 Å². The summed E-state index contributed by atoms with van der Waals surface area (Å²) < 4.78 is 10.7. The van der Waals surface area contributed by atoms with Crippen molar-refractivity contribution in [2.75, 3.05) is 13.7 Å². The lowest BCUT2D eigenvalue weighted by atomic mass is 10.00. The van der Waals surface area contributed by atoms with Gasteiger partial charge in [-0.3, -0.25) is 4.79 Å². The van der Waals surface area contributed by atoms with Crippen molar-refractivity contribution < 1.29 is 14.1 Å². The average molecular weight is 377 g/mol. The van der Waals surface area contributed by atoms with Crippen LogP contribution >= 0.6 is 0 Å². The van der Waals surface area contributed by atoms with Gasteiger partial charge >= 0.3 is 0 Å². The highest BCUT2D eigenvalue weighted by atomic mass is 16.5. The van der Waals surface area contributed by atoms with E-state index in [1.807, 2.05) is 53.4 Å². The van der Waals surface area contributed by atoms with Crippen molar-refractivity contribution in [3.8, 4) is 28.6 Å². The van der Waals surface area contributed by atoms with E-state index in [4.69, 9.17) is 9.26 Å². The molecule has 1 atom stereocenters. The van der Waals surface area contributed by atoms with E-state index in [0.717, 1.165) is 30.7 Å². The van der Waals surface area contributed by atoms with Gasteiger partial charge in [0.1, 0.15) is 5.75 Å². The molecule has 0 radical (unpaired) electrons. The molecule has 0 spiro atoms. The minimum atomic E-state index is 0.0204. The number of likely N-dealkylation sites (tertiary alicyclic amines) is 1. The van der Waals surface area contributed by atoms with Gasteiger partial charge in [-0.2, -0.15) is 4.98 Å². The van der Waals surface area contributed by atoms with Gasteiger partial charge in [0.05, 0.1) is 18.2 Å². The van der Waals surface area contributed by atoms with Crippen LogP contribution in [0.1, 0.15) is 36.5 Å². The predicted octanol–water partition coefficient (Wildman–Crippen LogP) is 4.43. The standard InChI is InChI=1S/C22H23N3O3/c1-15-7-5-6-14-25(15)22(26)19-9-4-3-8-18(19)21-23-20(24-28-21)16-10-12-17(27-2)13-11-16/h3-4,8-13,15H,5-7,14H2,1-2H3. The monoisotopic (exact) mass is 377 g/mol. The SMILES string of the molecule is COc1ccc(-c2noc(-c3ccccc3C(=O)N3CCCCC3C)n2)cc1. The lowest BCUT2D eigenvalue weighted by Gasteiger charge is -2.33. The minimum Gasteiger partial charge on any atom is -0.497 e. The summed E-state index contributed by atoms with van der Waals surface area (Å²) in [6, 6.07) is 15.1. The smallest absolute Gasteiger partial charge is 0.259 e.